The summed E-state index contributed by atoms with van der Waals surface area (Å²) in [5.74, 6) is 0.798. The second-order valence-corrected chi connectivity index (χ2v) is 8.72. The number of urea groups is 1. The van der Waals surface area contributed by atoms with Crippen molar-refractivity contribution < 1.29 is 9.53 Å². The molecule has 4 aromatic rings. The van der Waals surface area contributed by atoms with Crippen LogP contribution in [-0.4, -0.2) is 35.8 Å². The van der Waals surface area contributed by atoms with E-state index in [4.69, 9.17) is 4.74 Å². The first-order valence-electron chi connectivity index (χ1n) is 10.6. The largest absolute Gasteiger partial charge is 0.497 e. The van der Waals surface area contributed by atoms with Gasteiger partial charge < -0.3 is 19.9 Å². The number of aromatic amines is 1. The highest BCUT2D eigenvalue weighted by molar-refractivity contribution is 7.98. The zero-order valence-corrected chi connectivity index (χ0v) is 18.9. The lowest BCUT2D eigenvalue weighted by Gasteiger charge is -2.36. The van der Waals surface area contributed by atoms with Gasteiger partial charge in [0.15, 0.2) is 0 Å². The second-order valence-electron chi connectivity index (χ2n) is 7.84. The highest BCUT2D eigenvalue weighted by atomic mass is 32.2. The van der Waals surface area contributed by atoms with Crippen LogP contribution in [0.4, 0.5) is 10.5 Å². The monoisotopic (exact) mass is 443 g/mol. The van der Waals surface area contributed by atoms with E-state index in [1.807, 2.05) is 65.8 Å². The van der Waals surface area contributed by atoms with E-state index in [0.29, 0.717) is 6.54 Å². The molecule has 0 saturated heterocycles. The quantitative estimate of drug-likeness (QED) is 0.376. The number of benzene rings is 3. The van der Waals surface area contributed by atoms with Gasteiger partial charge in [-0.25, -0.2) is 4.79 Å². The van der Waals surface area contributed by atoms with Gasteiger partial charge in [-0.1, -0.05) is 36.4 Å². The molecule has 2 N–H and O–H groups in total. The predicted molar refractivity (Wildman–Crippen MR) is 131 cm³/mol. The zero-order chi connectivity index (χ0) is 22.1. The summed E-state index contributed by atoms with van der Waals surface area (Å²) in [4.78, 5) is 20.1. The molecule has 1 aromatic heterocycles. The molecule has 0 unspecified atom stereocenters. The van der Waals surface area contributed by atoms with Gasteiger partial charge >= 0.3 is 6.03 Å². The lowest BCUT2D eigenvalue weighted by molar-refractivity contribution is 0.193. The average Bonchev–Trinajstić information content (AvgIpc) is 3.22. The van der Waals surface area contributed by atoms with Crippen LogP contribution in [0.1, 0.15) is 22.9 Å². The molecule has 3 aromatic carbocycles. The fraction of sp³-hybridized carbons (Fsp3) is 0.192. The number of aromatic nitrogens is 1. The number of ether oxygens (including phenoxy) is 1. The Morgan fingerprint density at radius 1 is 1.09 bits per heavy atom. The summed E-state index contributed by atoms with van der Waals surface area (Å²) in [6.07, 6.45) is 2.84. The summed E-state index contributed by atoms with van der Waals surface area (Å²) in [6.45, 7) is 0.638. The molecular formula is C26H25N3O2S. The number of hydrogen-bond donors (Lipinski definition) is 2. The van der Waals surface area contributed by atoms with Gasteiger partial charge in [-0.05, 0) is 60.2 Å². The Hall–Kier alpha value is -3.38. The van der Waals surface area contributed by atoms with Gasteiger partial charge in [-0.3, -0.25) is 0 Å². The van der Waals surface area contributed by atoms with Gasteiger partial charge in [0, 0.05) is 33.7 Å². The van der Waals surface area contributed by atoms with Crippen LogP contribution in [0, 0.1) is 0 Å². The number of hydrogen-bond acceptors (Lipinski definition) is 3. The molecule has 0 radical (unpaired) electrons. The molecule has 0 fully saturated rings. The van der Waals surface area contributed by atoms with Crippen LogP contribution in [0.25, 0.3) is 10.9 Å². The van der Waals surface area contributed by atoms with Crippen molar-refractivity contribution in [1.29, 1.82) is 0 Å². The van der Waals surface area contributed by atoms with Crippen molar-refractivity contribution >= 4 is 34.4 Å². The molecule has 6 heteroatoms. The summed E-state index contributed by atoms with van der Waals surface area (Å²) in [5.41, 5.74) is 5.32. The van der Waals surface area contributed by atoms with Gasteiger partial charge in [-0.2, -0.15) is 0 Å². The Kier molecular flexibility index (Phi) is 5.53. The highest BCUT2D eigenvalue weighted by Gasteiger charge is 2.34. The van der Waals surface area contributed by atoms with E-state index in [0.717, 1.165) is 39.5 Å². The minimum atomic E-state index is -0.208. The van der Waals surface area contributed by atoms with Crippen LogP contribution >= 0.6 is 11.8 Å². The number of methoxy groups -OCH3 is 1. The van der Waals surface area contributed by atoms with Gasteiger partial charge in [0.1, 0.15) is 5.75 Å². The number of para-hydroxylation sites is 1. The van der Waals surface area contributed by atoms with E-state index in [1.54, 1.807) is 18.9 Å². The Balaban J connectivity index is 1.55. The van der Waals surface area contributed by atoms with Crippen LogP contribution in [-0.2, 0) is 6.42 Å². The van der Waals surface area contributed by atoms with E-state index in [2.05, 4.69) is 28.5 Å². The number of anilines is 1. The molecule has 162 valence electrons. The summed E-state index contributed by atoms with van der Waals surface area (Å²) in [5, 5.41) is 4.34. The number of carbonyl (C=O) groups is 1. The SMILES string of the molecule is COc1ccc([C@@H]2c3[nH]c4ccccc4c3CCN2C(=O)Nc2cccc(SC)c2)cc1. The number of amides is 2. The first-order valence-corrected chi connectivity index (χ1v) is 11.9. The van der Waals surface area contributed by atoms with Crippen LogP contribution in [0.15, 0.2) is 77.7 Å². The first-order chi connectivity index (χ1) is 15.7. The zero-order valence-electron chi connectivity index (χ0n) is 18.1. The second kappa shape index (κ2) is 8.63. The third-order valence-corrected chi connectivity index (χ3v) is 6.77. The third kappa shape index (κ3) is 3.71. The van der Waals surface area contributed by atoms with Crippen molar-refractivity contribution in [1.82, 2.24) is 9.88 Å². The van der Waals surface area contributed by atoms with Crippen LogP contribution < -0.4 is 10.1 Å². The normalized spacial score (nSPS) is 15.4. The molecule has 2 amide bonds. The third-order valence-electron chi connectivity index (χ3n) is 6.05. The average molecular weight is 444 g/mol. The Morgan fingerprint density at radius 2 is 1.91 bits per heavy atom. The van der Waals surface area contributed by atoms with Crippen molar-refractivity contribution in [2.75, 3.05) is 25.2 Å². The van der Waals surface area contributed by atoms with Crippen LogP contribution in [0.2, 0.25) is 0 Å². The standard InChI is InChI=1S/C26H25N3O2S/c1-31-19-12-10-17(11-13-19)25-24-22(21-8-3-4-9-23(21)28-24)14-15-29(25)26(30)27-18-6-5-7-20(16-18)32-2/h3-13,16,25,28H,14-15H2,1-2H3,(H,27,30)/t25-/m1/s1. The number of fused-ring (bicyclic) bond motifs is 3. The molecule has 5 nitrogen and oxygen atoms in total. The molecule has 0 aliphatic carbocycles. The Morgan fingerprint density at radius 3 is 2.69 bits per heavy atom. The highest BCUT2D eigenvalue weighted by Crippen LogP contribution is 2.39. The molecule has 0 saturated carbocycles. The maximum atomic E-state index is 13.5. The van der Waals surface area contributed by atoms with Gasteiger partial charge in [-0.15, -0.1) is 11.8 Å². The van der Waals surface area contributed by atoms with E-state index in [9.17, 15) is 4.79 Å². The first kappa shape index (κ1) is 20.5. The number of H-pyrrole nitrogens is 1. The van der Waals surface area contributed by atoms with Crippen molar-refractivity contribution in [2.24, 2.45) is 0 Å². The van der Waals surface area contributed by atoms with E-state index >= 15 is 0 Å². The number of nitrogens with zero attached hydrogens (tertiary/aromatic N) is 1. The summed E-state index contributed by atoms with van der Waals surface area (Å²) >= 11 is 1.66. The molecule has 32 heavy (non-hydrogen) atoms. The van der Waals surface area contributed by atoms with Gasteiger partial charge in [0.05, 0.1) is 13.2 Å². The van der Waals surface area contributed by atoms with Crippen molar-refractivity contribution in [3.63, 3.8) is 0 Å². The number of thioether (sulfide) groups is 1. The molecule has 0 spiro atoms. The summed E-state index contributed by atoms with van der Waals surface area (Å²) in [6, 6.07) is 24.0. The molecule has 2 heterocycles. The number of rotatable bonds is 4. The lowest BCUT2D eigenvalue weighted by atomic mass is 9.92. The minimum Gasteiger partial charge on any atom is -0.497 e. The van der Waals surface area contributed by atoms with Gasteiger partial charge in [0.2, 0.25) is 0 Å². The lowest BCUT2D eigenvalue weighted by Crippen LogP contribution is -2.43. The predicted octanol–water partition coefficient (Wildman–Crippen LogP) is 6.08. The summed E-state index contributed by atoms with van der Waals surface area (Å²) < 4.78 is 5.35. The Bertz CT molecular complexity index is 1270. The molecular weight excluding hydrogens is 418 g/mol. The van der Waals surface area contributed by atoms with E-state index < -0.39 is 0 Å². The number of nitrogens with one attached hydrogen (secondary N) is 2. The van der Waals surface area contributed by atoms with Gasteiger partial charge in [0.25, 0.3) is 0 Å². The minimum absolute atomic E-state index is 0.103. The fourth-order valence-electron chi connectivity index (χ4n) is 4.49. The molecule has 1 aliphatic heterocycles. The van der Waals surface area contributed by atoms with Crippen molar-refractivity contribution in [3.05, 3.63) is 89.6 Å². The smallest absolute Gasteiger partial charge is 0.322 e. The van der Waals surface area contributed by atoms with Crippen molar-refractivity contribution in [3.8, 4) is 5.75 Å². The fourth-order valence-corrected chi connectivity index (χ4v) is 4.95. The Labute approximate surface area is 191 Å². The van der Waals surface area contributed by atoms with E-state index in [1.165, 1.54) is 10.9 Å². The molecule has 1 atom stereocenters. The maximum Gasteiger partial charge on any atom is 0.322 e. The van der Waals surface area contributed by atoms with E-state index in [-0.39, 0.29) is 12.1 Å². The maximum absolute atomic E-state index is 13.5. The molecule has 5 rings (SSSR count). The molecule has 0 bridgehead atoms. The van der Waals surface area contributed by atoms with Crippen molar-refractivity contribution in [2.45, 2.75) is 17.4 Å². The topological polar surface area (TPSA) is 57.4 Å². The van der Waals surface area contributed by atoms with Crippen LogP contribution in [0.3, 0.4) is 0 Å². The number of carbonyl (C=O) groups excluding carboxylic acids is 1. The van der Waals surface area contributed by atoms with Crippen LogP contribution in [0.5, 0.6) is 5.75 Å². The molecule has 1 aliphatic rings. The summed E-state index contributed by atoms with van der Waals surface area (Å²) in [7, 11) is 1.66.